The molecule has 0 atom stereocenters. The smallest absolute Gasteiger partial charge is 0.338 e. The van der Waals surface area contributed by atoms with Crippen LogP contribution < -0.4 is 0 Å². The van der Waals surface area contributed by atoms with E-state index < -0.39 is 0 Å². The standard InChI is InChI=1S/C14H10N4O2/c1-18-13-10(6-16-18)5-15-12(17-13)8-2-3-11-9(4-8)7-20-14(11)19/h2-6H,7H2,1H3. The molecule has 4 rings (SSSR count). The predicted octanol–water partition coefficient (Wildman–Crippen LogP) is 1.70. The number of esters is 1. The van der Waals surface area contributed by atoms with Gasteiger partial charge in [0.05, 0.1) is 17.1 Å². The molecule has 0 bridgehead atoms. The van der Waals surface area contributed by atoms with E-state index >= 15 is 0 Å². The first-order chi connectivity index (χ1) is 9.72. The van der Waals surface area contributed by atoms with E-state index in [0.717, 1.165) is 22.2 Å². The molecule has 6 nitrogen and oxygen atoms in total. The number of benzene rings is 1. The fourth-order valence-electron chi connectivity index (χ4n) is 2.35. The first-order valence-corrected chi connectivity index (χ1v) is 6.17. The Kier molecular flexibility index (Phi) is 2.14. The molecule has 3 heterocycles. The Morgan fingerprint density at radius 3 is 3.10 bits per heavy atom. The van der Waals surface area contributed by atoms with Crippen LogP contribution >= 0.6 is 0 Å². The third-order valence-electron chi connectivity index (χ3n) is 3.41. The van der Waals surface area contributed by atoms with Gasteiger partial charge in [-0.05, 0) is 12.1 Å². The lowest BCUT2D eigenvalue weighted by atomic mass is 10.1. The van der Waals surface area contributed by atoms with Gasteiger partial charge in [0.25, 0.3) is 0 Å². The summed E-state index contributed by atoms with van der Waals surface area (Å²) in [6.07, 6.45) is 3.48. The molecule has 3 aromatic rings. The van der Waals surface area contributed by atoms with E-state index in [0.29, 0.717) is 18.0 Å². The molecule has 0 amide bonds. The van der Waals surface area contributed by atoms with Crippen LogP contribution in [-0.2, 0) is 18.4 Å². The van der Waals surface area contributed by atoms with Gasteiger partial charge in [0, 0.05) is 24.4 Å². The summed E-state index contributed by atoms with van der Waals surface area (Å²) in [5.41, 5.74) is 3.14. The maximum absolute atomic E-state index is 11.4. The van der Waals surface area contributed by atoms with Gasteiger partial charge >= 0.3 is 5.97 Å². The summed E-state index contributed by atoms with van der Waals surface area (Å²) < 4.78 is 6.71. The second-order valence-electron chi connectivity index (χ2n) is 4.69. The van der Waals surface area contributed by atoms with Crippen molar-refractivity contribution in [2.45, 2.75) is 6.61 Å². The van der Waals surface area contributed by atoms with Crippen molar-refractivity contribution >= 4 is 17.0 Å². The summed E-state index contributed by atoms with van der Waals surface area (Å²) in [6.45, 7) is 0.315. The van der Waals surface area contributed by atoms with Crippen LogP contribution in [0.25, 0.3) is 22.4 Å². The van der Waals surface area contributed by atoms with Crippen LogP contribution in [-0.4, -0.2) is 25.7 Å². The number of ether oxygens (including phenoxy) is 1. The quantitative estimate of drug-likeness (QED) is 0.627. The van der Waals surface area contributed by atoms with Gasteiger partial charge < -0.3 is 4.74 Å². The van der Waals surface area contributed by atoms with E-state index in [9.17, 15) is 4.79 Å². The van der Waals surface area contributed by atoms with Crippen molar-refractivity contribution in [2.75, 3.05) is 0 Å². The second kappa shape index (κ2) is 3.86. The molecule has 1 aliphatic heterocycles. The highest BCUT2D eigenvalue weighted by atomic mass is 16.5. The predicted molar refractivity (Wildman–Crippen MR) is 70.9 cm³/mol. The molecule has 2 aromatic heterocycles. The zero-order valence-electron chi connectivity index (χ0n) is 10.7. The molecule has 1 aromatic carbocycles. The molecule has 0 fully saturated rings. The molecule has 0 spiro atoms. The van der Waals surface area contributed by atoms with Crippen molar-refractivity contribution in [2.24, 2.45) is 7.05 Å². The van der Waals surface area contributed by atoms with Gasteiger partial charge in [0.1, 0.15) is 6.61 Å². The monoisotopic (exact) mass is 266 g/mol. The number of fused-ring (bicyclic) bond motifs is 2. The molecule has 1 aliphatic rings. The Balaban J connectivity index is 1.86. The van der Waals surface area contributed by atoms with Crippen LogP contribution in [0.3, 0.4) is 0 Å². The highest BCUT2D eigenvalue weighted by molar-refractivity contribution is 5.94. The Hall–Kier alpha value is -2.76. The molecule has 98 valence electrons. The van der Waals surface area contributed by atoms with Crippen molar-refractivity contribution < 1.29 is 9.53 Å². The van der Waals surface area contributed by atoms with Crippen LogP contribution in [0.4, 0.5) is 0 Å². The summed E-state index contributed by atoms with van der Waals surface area (Å²) in [6, 6.07) is 5.50. The molecule has 0 radical (unpaired) electrons. The Morgan fingerprint density at radius 1 is 1.30 bits per heavy atom. The first-order valence-electron chi connectivity index (χ1n) is 6.17. The molecule has 6 heteroatoms. The summed E-state index contributed by atoms with van der Waals surface area (Å²) in [7, 11) is 1.84. The van der Waals surface area contributed by atoms with Gasteiger partial charge in [-0.3, -0.25) is 4.68 Å². The van der Waals surface area contributed by atoms with Crippen molar-refractivity contribution in [1.29, 1.82) is 0 Å². The van der Waals surface area contributed by atoms with Crippen LogP contribution in [0.5, 0.6) is 0 Å². The van der Waals surface area contributed by atoms with E-state index in [1.807, 2.05) is 19.2 Å². The number of nitrogens with zero attached hydrogens (tertiary/aromatic N) is 4. The fraction of sp³-hybridized carbons (Fsp3) is 0.143. The van der Waals surface area contributed by atoms with E-state index in [1.54, 1.807) is 23.1 Å². The van der Waals surface area contributed by atoms with Gasteiger partial charge in [-0.15, -0.1) is 0 Å². The van der Waals surface area contributed by atoms with Gasteiger partial charge in [-0.1, -0.05) is 6.07 Å². The topological polar surface area (TPSA) is 69.9 Å². The van der Waals surface area contributed by atoms with E-state index in [1.165, 1.54) is 0 Å². The number of carbonyl (C=O) groups is 1. The fourth-order valence-corrected chi connectivity index (χ4v) is 2.35. The summed E-state index contributed by atoms with van der Waals surface area (Å²) >= 11 is 0. The summed E-state index contributed by atoms with van der Waals surface area (Å²) in [5.74, 6) is 0.345. The molecule has 0 aliphatic carbocycles. The number of carbonyl (C=O) groups excluding carboxylic acids is 1. The highest BCUT2D eigenvalue weighted by Crippen LogP contribution is 2.25. The lowest BCUT2D eigenvalue weighted by Gasteiger charge is -2.02. The Labute approximate surface area is 114 Å². The summed E-state index contributed by atoms with van der Waals surface area (Å²) in [4.78, 5) is 20.3. The molecule has 0 unspecified atom stereocenters. The SMILES string of the molecule is Cn1ncc2cnc(-c3ccc4c(c3)COC4=O)nc21. The van der Waals surface area contributed by atoms with Gasteiger partial charge in [-0.25, -0.2) is 14.8 Å². The van der Waals surface area contributed by atoms with Crippen molar-refractivity contribution in [3.8, 4) is 11.4 Å². The lowest BCUT2D eigenvalue weighted by Crippen LogP contribution is -1.96. The van der Waals surface area contributed by atoms with Crippen LogP contribution in [0.2, 0.25) is 0 Å². The normalized spacial score (nSPS) is 13.6. The average Bonchev–Trinajstić information content (AvgIpc) is 3.03. The van der Waals surface area contributed by atoms with Gasteiger partial charge in [0.2, 0.25) is 0 Å². The maximum Gasteiger partial charge on any atom is 0.338 e. The minimum Gasteiger partial charge on any atom is -0.457 e. The Bertz CT molecular complexity index is 854. The number of rotatable bonds is 1. The zero-order chi connectivity index (χ0) is 13.7. The number of hydrogen-bond donors (Lipinski definition) is 0. The van der Waals surface area contributed by atoms with E-state index in [-0.39, 0.29) is 5.97 Å². The lowest BCUT2D eigenvalue weighted by molar-refractivity contribution is 0.0535. The largest absolute Gasteiger partial charge is 0.457 e. The number of aromatic nitrogens is 4. The molecular weight excluding hydrogens is 256 g/mol. The van der Waals surface area contributed by atoms with Crippen LogP contribution in [0, 0.1) is 0 Å². The second-order valence-corrected chi connectivity index (χ2v) is 4.69. The zero-order valence-corrected chi connectivity index (χ0v) is 10.7. The van der Waals surface area contributed by atoms with E-state index in [4.69, 9.17) is 4.74 Å². The van der Waals surface area contributed by atoms with Crippen molar-refractivity contribution in [1.82, 2.24) is 19.7 Å². The first kappa shape index (κ1) is 11.1. The average molecular weight is 266 g/mol. The van der Waals surface area contributed by atoms with Crippen molar-refractivity contribution in [3.63, 3.8) is 0 Å². The highest BCUT2D eigenvalue weighted by Gasteiger charge is 2.21. The third-order valence-corrected chi connectivity index (χ3v) is 3.41. The maximum atomic E-state index is 11.4. The number of hydrogen-bond acceptors (Lipinski definition) is 5. The minimum atomic E-state index is -0.269. The molecule has 20 heavy (non-hydrogen) atoms. The van der Waals surface area contributed by atoms with Crippen LogP contribution in [0.1, 0.15) is 15.9 Å². The summed E-state index contributed by atoms with van der Waals surface area (Å²) in [5, 5.41) is 5.05. The molecule has 0 saturated heterocycles. The van der Waals surface area contributed by atoms with Crippen LogP contribution in [0.15, 0.2) is 30.6 Å². The van der Waals surface area contributed by atoms with Gasteiger partial charge in [0.15, 0.2) is 11.5 Å². The number of aryl methyl sites for hydroxylation is 1. The molecule has 0 saturated carbocycles. The minimum absolute atomic E-state index is 0.269. The third kappa shape index (κ3) is 1.51. The molecule has 0 N–H and O–H groups in total. The van der Waals surface area contributed by atoms with E-state index in [2.05, 4.69) is 15.1 Å². The molecular formula is C14H10N4O2. The van der Waals surface area contributed by atoms with Gasteiger partial charge in [-0.2, -0.15) is 5.10 Å². The van der Waals surface area contributed by atoms with Crippen molar-refractivity contribution in [3.05, 3.63) is 41.7 Å². The number of cyclic esters (lactones) is 1. The Morgan fingerprint density at radius 2 is 2.20 bits per heavy atom.